The number of likely N-dealkylation sites (tertiary alicyclic amines) is 1. The van der Waals surface area contributed by atoms with Gasteiger partial charge >= 0.3 is 0 Å². The van der Waals surface area contributed by atoms with Crippen molar-refractivity contribution < 1.29 is 4.79 Å². The van der Waals surface area contributed by atoms with Crippen molar-refractivity contribution >= 4 is 23.2 Å². The van der Waals surface area contributed by atoms with E-state index in [0.717, 1.165) is 30.1 Å². The van der Waals surface area contributed by atoms with Crippen molar-refractivity contribution in [2.75, 3.05) is 11.9 Å². The molecule has 114 valence electrons. The van der Waals surface area contributed by atoms with Gasteiger partial charge in [0.1, 0.15) is 0 Å². The second-order valence-electron chi connectivity index (χ2n) is 7.21. The first-order valence-electron chi connectivity index (χ1n) is 7.72. The number of halogens is 1. The quantitative estimate of drug-likeness (QED) is 0.842. The van der Waals surface area contributed by atoms with Crippen LogP contribution >= 0.6 is 11.6 Å². The highest BCUT2D eigenvalue weighted by molar-refractivity contribution is 6.33. The first kappa shape index (κ1) is 14.7. The number of hydrogen-bond donors (Lipinski definition) is 1. The molecule has 2 aliphatic rings. The lowest BCUT2D eigenvalue weighted by Crippen LogP contribution is -2.43. The van der Waals surface area contributed by atoms with Crippen LogP contribution in [0.1, 0.15) is 51.6 Å². The van der Waals surface area contributed by atoms with Crippen molar-refractivity contribution in [3.8, 4) is 0 Å². The highest BCUT2D eigenvalue weighted by atomic mass is 35.5. The van der Waals surface area contributed by atoms with Crippen molar-refractivity contribution in [2.24, 2.45) is 5.41 Å². The van der Waals surface area contributed by atoms with E-state index in [9.17, 15) is 4.79 Å². The molecule has 0 aromatic heterocycles. The molecule has 2 heterocycles. The highest BCUT2D eigenvalue weighted by Gasteiger charge is 2.39. The van der Waals surface area contributed by atoms with Crippen molar-refractivity contribution in [3.63, 3.8) is 0 Å². The minimum absolute atomic E-state index is 0.123. The molecule has 1 amide bonds. The molecule has 1 fully saturated rings. The fourth-order valence-electron chi connectivity index (χ4n) is 3.42. The van der Waals surface area contributed by atoms with Crippen LogP contribution in [0.3, 0.4) is 0 Å². The number of nitrogens with zero attached hydrogens (tertiary/aromatic N) is 1. The summed E-state index contributed by atoms with van der Waals surface area (Å²) in [5, 5.41) is 4.35. The van der Waals surface area contributed by atoms with Crippen LogP contribution < -0.4 is 5.32 Å². The molecule has 21 heavy (non-hydrogen) atoms. The van der Waals surface area contributed by atoms with Gasteiger partial charge in [0.05, 0.1) is 16.8 Å². The van der Waals surface area contributed by atoms with E-state index in [1.165, 1.54) is 5.56 Å². The van der Waals surface area contributed by atoms with E-state index in [-0.39, 0.29) is 17.4 Å². The SMILES string of the molecule is CC(C)(C)[C@@H]1C[C@H](N2CCCC2=O)c2cccc(Cl)c2N1. The smallest absolute Gasteiger partial charge is 0.223 e. The molecule has 1 saturated heterocycles. The third-order valence-corrected chi connectivity index (χ3v) is 5.03. The topological polar surface area (TPSA) is 32.3 Å². The molecule has 1 aromatic carbocycles. The number of benzene rings is 1. The van der Waals surface area contributed by atoms with Crippen LogP contribution in [-0.2, 0) is 4.79 Å². The van der Waals surface area contributed by atoms with Crippen LogP contribution in [-0.4, -0.2) is 23.4 Å². The second kappa shape index (κ2) is 5.20. The number of anilines is 1. The molecule has 4 heteroatoms. The molecule has 0 radical (unpaired) electrons. The zero-order valence-corrected chi connectivity index (χ0v) is 13.7. The molecule has 0 unspecified atom stereocenters. The average Bonchev–Trinajstić information content (AvgIpc) is 2.83. The normalized spacial score (nSPS) is 25.7. The summed E-state index contributed by atoms with van der Waals surface area (Å²) in [6.07, 6.45) is 2.60. The molecule has 0 spiro atoms. The number of carbonyl (C=O) groups is 1. The van der Waals surface area contributed by atoms with Gasteiger partial charge in [0.25, 0.3) is 0 Å². The molecule has 0 saturated carbocycles. The monoisotopic (exact) mass is 306 g/mol. The maximum absolute atomic E-state index is 12.2. The molecular formula is C17H23ClN2O. The Balaban J connectivity index is 2.03. The van der Waals surface area contributed by atoms with Gasteiger partial charge in [-0.2, -0.15) is 0 Å². The molecule has 0 bridgehead atoms. The van der Waals surface area contributed by atoms with Gasteiger partial charge in [0, 0.05) is 19.0 Å². The van der Waals surface area contributed by atoms with E-state index in [0.29, 0.717) is 12.5 Å². The van der Waals surface area contributed by atoms with Gasteiger partial charge in [-0.15, -0.1) is 0 Å². The summed E-state index contributed by atoms with van der Waals surface area (Å²) in [5.41, 5.74) is 2.30. The molecule has 1 aromatic rings. The third kappa shape index (κ3) is 2.64. The van der Waals surface area contributed by atoms with Gasteiger partial charge in [0.15, 0.2) is 0 Å². The molecule has 3 rings (SSSR count). The lowest BCUT2D eigenvalue weighted by Gasteiger charge is -2.43. The summed E-state index contributed by atoms with van der Waals surface area (Å²) in [5.74, 6) is 0.278. The maximum atomic E-state index is 12.2. The Kier molecular flexibility index (Phi) is 3.64. The van der Waals surface area contributed by atoms with Gasteiger partial charge in [-0.3, -0.25) is 4.79 Å². The first-order valence-corrected chi connectivity index (χ1v) is 8.10. The number of nitrogens with one attached hydrogen (secondary N) is 1. The van der Waals surface area contributed by atoms with Gasteiger partial charge in [-0.25, -0.2) is 0 Å². The van der Waals surface area contributed by atoms with Crippen LogP contribution in [0.4, 0.5) is 5.69 Å². The molecule has 2 atom stereocenters. The van der Waals surface area contributed by atoms with Crippen LogP contribution in [0.15, 0.2) is 18.2 Å². The fourth-order valence-corrected chi connectivity index (χ4v) is 3.65. The summed E-state index contributed by atoms with van der Waals surface area (Å²) in [6.45, 7) is 7.56. The Morgan fingerprint density at radius 3 is 2.71 bits per heavy atom. The van der Waals surface area contributed by atoms with E-state index in [2.05, 4.69) is 37.1 Å². The zero-order chi connectivity index (χ0) is 15.2. The van der Waals surface area contributed by atoms with Crippen molar-refractivity contribution in [1.29, 1.82) is 0 Å². The number of fused-ring (bicyclic) bond motifs is 1. The lowest BCUT2D eigenvalue weighted by molar-refractivity contribution is -0.130. The fraction of sp³-hybridized carbons (Fsp3) is 0.588. The number of amides is 1. The van der Waals surface area contributed by atoms with Crippen molar-refractivity contribution in [2.45, 2.75) is 52.1 Å². The first-order chi connectivity index (χ1) is 9.88. The number of para-hydroxylation sites is 1. The Bertz CT molecular complexity index is 564. The third-order valence-electron chi connectivity index (χ3n) is 4.71. The Hall–Kier alpha value is -1.22. The maximum Gasteiger partial charge on any atom is 0.223 e. The molecule has 0 aliphatic carbocycles. The van der Waals surface area contributed by atoms with Crippen LogP contribution in [0, 0.1) is 5.41 Å². The van der Waals surface area contributed by atoms with Gasteiger partial charge in [-0.05, 0) is 29.9 Å². The minimum atomic E-state index is 0.123. The largest absolute Gasteiger partial charge is 0.380 e. The number of hydrogen-bond acceptors (Lipinski definition) is 2. The van der Waals surface area contributed by atoms with Gasteiger partial charge in [0.2, 0.25) is 5.91 Å². The van der Waals surface area contributed by atoms with E-state index in [1.54, 1.807) is 0 Å². The summed E-state index contributed by atoms with van der Waals surface area (Å²) in [4.78, 5) is 14.2. The lowest BCUT2D eigenvalue weighted by atomic mass is 9.78. The van der Waals surface area contributed by atoms with E-state index >= 15 is 0 Å². The van der Waals surface area contributed by atoms with Gasteiger partial charge in [-0.1, -0.05) is 44.5 Å². The van der Waals surface area contributed by atoms with Crippen LogP contribution in [0.25, 0.3) is 0 Å². The Labute approximate surface area is 131 Å². The van der Waals surface area contributed by atoms with Crippen molar-refractivity contribution in [1.82, 2.24) is 4.90 Å². The van der Waals surface area contributed by atoms with Crippen LogP contribution in [0.2, 0.25) is 5.02 Å². The van der Waals surface area contributed by atoms with E-state index in [4.69, 9.17) is 11.6 Å². The van der Waals surface area contributed by atoms with Crippen molar-refractivity contribution in [3.05, 3.63) is 28.8 Å². The molecular weight excluding hydrogens is 284 g/mol. The summed E-state index contributed by atoms with van der Waals surface area (Å²) >= 11 is 6.40. The predicted molar refractivity (Wildman–Crippen MR) is 86.6 cm³/mol. The Morgan fingerprint density at radius 1 is 1.33 bits per heavy atom. The zero-order valence-electron chi connectivity index (χ0n) is 12.9. The standard InChI is InChI=1S/C17H23ClN2O/c1-17(2,3)14-10-13(20-9-5-8-15(20)21)11-6-4-7-12(18)16(11)19-14/h4,6-7,13-14,19H,5,8-10H2,1-3H3/t13-,14-/m0/s1. The predicted octanol–water partition coefficient (Wildman–Crippen LogP) is 4.23. The average molecular weight is 307 g/mol. The summed E-state index contributed by atoms with van der Waals surface area (Å²) < 4.78 is 0. The molecule has 2 aliphatic heterocycles. The molecule has 1 N–H and O–H groups in total. The number of carbonyl (C=O) groups excluding carboxylic acids is 1. The second-order valence-corrected chi connectivity index (χ2v) is 7.62. The number of rotatable bonds is 1. The van der Waals surface area contributed by atoms with E-state index < -0.39 is 0 Å². The highest BCUT2D eigenvalue weighted by Crippen LogP contribution is 2.45. The van der Waals surface area contributed by atoms with E-state index in [1.807, 2.05) is 12.1 Å². The summed E-state index contributed by atoms with van der Waals surface area (Å²) in [7, 11) is 0. The van der Waals surface area contributed by atoms with Gasteiger partial charge < -0.3 is 10.2 Å². The summed E-state index contributed by atoms with van der Waals surface area (Å²) in [6, 6.07) is 6.46. The molecule has 3 nitrogen and oxygen atoms in total. The minimum Gasteiger partial charge on any atom is -0.380 e. The Morgan fingerprint density at radius 2 is 2.10 bits per heavy atom. The van der Waals surface area contributed by atoms with Crippen LogP contribution in [0.5, 0.6) is 0 Å².